The summed E-state index contributed by atoms with van der Waals surface area (Å²) in [5.74, 6) is 0.869. The second-order valence-corrected chi connectivity index (χ2v) is 7.06. The minimum absolute atomic E-state index is 0.238. The van der Waals surface area contributed by atoms with Crippen LogP contribution < -0.4 is 5.56 Å². The Morgan fingerprint density at radius 2 is 1.77 bits per heavy atom. The van der Waals surface area contributed by atoms with E-state index < -0.39 is 0 Å². The summed E-state index contributed by atoms with van der Waals surface area (Å²) < 4.78 is 7.30. The van der Waals surface area contributed by atoms with Crippen molar-refractivity contribution in [1.29, 1.82) is 0 Å². The lowest BCUT2D eigenvalue weighted by Gasteiger charge is -2.07. The summed E-state index contributed by atoms with van der Waals surface area (Å²) in [6.45, 7) is 2.11. The molecule has 0 saturated carbocycles. The van der Waals surface area contributed by atoms with E-state index in [1.54, 1.807) is 12.3 Å². The van der Waals surface area contributed by atoms with Crippen LogP contribution in [0.25, 0.3) is 33.5 Å². The van der Waals surface area contributed by atoms with Gasteiger partial charge in [0.2, 0.25) is 5.82 Å². The second kappa shape index (κ2) is 7.44. The maximum Gasteiger partial charge on any atom is 0.282 e. The van der Waals surface area contributed by atoms with Gasteiger partial charge in [-0.2, -0.15) is 9.78 Å². The molecule has 0 atom stereocenters. The number of benzene rings is 3. The van der Waals surface area contributed by atoms with Gasteiger partial charge in [-0.15, -0.1) is 0 Å². The topological polar surface area (TPSA) is 60.4 Å². The van der Waals surface area contributed by atoms with E-state index in [-0.39, 0.29) is 5.56 Å². The molecule has 2 aromatic heterocycles. The number of nitrogens with zero attached hydrogens (tertiary/aromatic N) is 3. The lowest BCUT2D eigenvalue weighted by atomic mass is 10.1. The molecule has 30 heavy (non-hydrogen) atoms. The van der Waals surface area contributed by atoms with Crippen molar-refractivity contribution in [2.24, 2.45) is 5.10 Å². The molecule has 146 valence electrons. The first kappa shape index (κ1) is 18.1. The van der Waals surface area contributed by atoms with E-state index in [2.05, 4.69) is 24.2 Å². The lowest BCUT2D eigenvalue weighted by Crippen LogP contribution is -2.20. The van der Waals surface area contributed by atoms with Crippen LogP contribution in [0.15, 0.2) is 93.2 Å². The molecule has 5 rings (SSSR count). The van der Waals surface area contributed by atoms with Crippen LogP contribution in [0, 0.1) is 0 Å². The van der Waals surface area contributed by atoms with Crippen molar-refractivity contribution in [3.05, 3.63) is 100 Å². The monoisotopic (exact) mass is 393 g/mol. The molecule has 0 unspecified atom stereocenters. The van der Waals surface area contributed by atoms with Gasteiger partial charge < -0.3 is 4.42 Å². The van der Waals surface area contributed by atoms with Gasteiger partial charge in [0.15, 0.2) is 5.76 Å². The van der Waals surface area contributed by atoms with Gasteiger partial charge in [0, 0.05) is 5.39 Å². The number of aryl methyl sites for hydroxylation is 1. The third kappa shape index (κ3) is 3.20. The molecule has 0 aliphatic heterocycles. The number of para-hydroxylation sites is 2. The van der Waals surface area contributed by atoms with Crippen molar-refractivity contribution in [3.63, 3.8) is 0 Å². The third-order valence-corrected chi connectivity index (χ3v) is 5.11. The van der Waals surface area contributed by atoms with Crippen LogP contribution >= 0.6 is 0 Å². The van der Waals surface area contributed by atoms with Crippen LogP contribution in [0.1, 0.15) is 18.1 Å². The zero-order chi connectivity index (χ0) is 20.5. The number of hydrogen-bond donors (Lipinski definition) is 0. The largest absolute Gasteiger partial charge is 0.453 e. The summed E-state index contributed by atoms with van der Waals surface area (Å²) in [6, 6.07) is 24.9. The number of aromatic nitrogens is 2. The zero-order valence-electron chi connectivity index (χ0n) is 16.4. The maximum atomic E-state index is 13.2. The van der Waals surface area contributed by atoms with Crippen molar-refractivity contribution in [2.45, 2.75) is 13.3 Å². The van der Waals surface area contributed by atoms with Crippen LogP contribution in [-0.4, -0.2) is 15.9 Å². The first-order valence-electron chi connectivity index (χ1n) is 9.87. The van der Waals surface area contributed by atoms with Crippen LogP contribution in [0.3, 0.4) is 0 Å². The van der Waals surface area contributed by atoms with Gasteiger partial charge in [-0.3, -0.25) is 4.79 Å². The molecule has 5 heteroatoms. The molecule has 3 aromatic carbocycles. The Hall–Kier alpha value is -3.99. The minimum Gasteiger partial charge on any atom is -0.453 e. The van der Waals surface area contributed by atoms with E-state index in [1.165, 1.54) is 10.2 Å². The quantitative estimate of drug-likeness (QED) is 0.392. The number of rotatable bonds is 4. The first-order valence-corrected chi connectivity index (χ1v) is 9.87. The summed E-state index contributed by atoms with van der Waals surface area (Å²) in [4.78, 5) is 17.9. The fraction of sp³-hybridized carbons (Fsp3) is 0.0800. The first-order chi connectivity index (χ1) is 14.7. The Morgan fingerprint density at radius 3 is 2.57 bits per heavy atom. The Morgan fingerprint density at radius 1 is 1.00 bits per heavy atom. The van der Waals surface area contributed by atoms with E-state index in [0.29, 0.717) is 22.5 Å². The van der Waals surface area contributed by atoms with Gasteiger partial charge in [-0.25, -0.2) is 4.98 Å². The van der Waals surface area contributed by atoms with Gasteiger partial charge in [0.1, 0.15) is 5.58 Å². The second-order valence-electron chi connectivity index (χ2n) is 7.06. The highest BCUT2D eigenvalue weighted by Crippen LogP contribution is 2.27. The molecule has 0 saturated heterocycles. The van der Waals surface area contributed by atoms with E-state index in [1.807, 2.05) is 60.7 Å². The maximum absolute atomic E-state index is 13.2. The van der Waals surface area contributed by atoms with E-state index >= 15 is 0 Å². The molecular weight excluding hydrogens is 374 g/mol. The van der Waals surface area contributed by atoms with Crippen molar-refractivity contribution in [2.75, 3.05) is 0 Å². The SMILES string of the molecule is CCc1ccc(C=Nn2c(-c3cc4ccccc4o3)nc3ccccc3c2=O)cc1. The Balaban J connectivity index is 1.70. The predicted molar refractivity (Wildman–Crippen MR) is 120 cm³/mol. The van der Waals surface area contributed by atoms with Crippen LogP contribution in [0.5, 0.6) is 0 Å². The number of fused-ring (bicyclic) bond motifs is 2. The van der Waals surface area contributed by atoms with E-state index in [0.717, 1.165) is 23.0 Å². The molecule has 2 heterocycles. The van der Waals surface area contributed by atoms with Crippen molar-refractivity contribution in [1.82, 2.24) is 9.66 Å². The normalized spacial score (nSPS) is 11.6. The van der Waals surface area contributed by atoms with Crippen LogP contribution in [0.2, 0.25) is 0 Å². The molecule has 0 radical (unpaired) electrons. The summed E-state index contributed by atoms with van der Waals surface area (Å²) in [5, 5.41) is 5.94. The Kier molecular flexibility index (Phi) is 4.48. The molecule has 0 aliphatic carbocycles. The van der Waals surface area contributed by atoms with Crippen LogP contribution in [0.4, 0.5) is 0 Å². The molecule has 0 bridgehead atoms. The molecule has 0 N–H and O–H groups in total. The van der Waals surface area contributed by atoms with Gasteiger partial charge >= 0.3 is 0 Å². The Bertz CT molecular complexity index is 1410. The molecule has 5 nitrogen and oxygen atoms in total. The zero-order valence-corrected chi connectivity index (χ0v) is 16.4. The molecular formula is C25H19N3O2. The highest BCUT2D eigenvalue weighted by atomic mass is 16.3. The van der Waals surface area contributed by atoms with E-state index in [9.17, 15) is 4.79 Å². The molecule has 0 aliphatic rings. The molecule has 5 aromatic rings. The Labute approximate surface area is 172 Å². The molecule has 0 spiro atoms. The number of hydrogen-bond acceptors (Lipinski definition) is 4. The van der Waals surface area contributed by atoms with Gasteiger partial charge in [-0.05, 0) is 41.8 Å². The van der Waals surface area contributed by atoms with Gasteiger partial charge in [-0.1, -0.05) is 61.5 Å². The van der Waals surface area contributed by atoms with Gasteiger partial charge in [0.05, 0.1) is 17.1 Å². The molecule has 0 fully saturated rings. The molecule has 0 amide bonds. The van der Waals surface area contributed by atoms with E-state index in [4.69, 9.17) is 9.40 Å². The minimum atomic E-state index is -0.238. The average molecular weight is 393 g/mol. The average Bonchev–Trinajstić information content (AvgIpc) is 3.23. The number of furan rings is 1. The third-order valence-electron chi connectivity index (χ3n) is 5.11. The summed E-state index contributed by atoms with van der Waals surface area (Å²) in [5.41, 5.74) is 3.26. The van der Waals surface area contributed by atoms with Crippen molar-refractivity contribution >= 4 is 28.1 Å². The smallest absolute Gasteiger partial charge is 0.282 e. The highest BCUT2D eigenvalue weighted by Gasteiger charge is 2.16. The summed E-state index contributed by atoms with van der Waals surface area (Å²) in [7, 11) is 0. The summed E-state index contributed by atoms with van der Waals surface area (Å²) in [6.07, 6.45) is 2.64. The summed E-state index contributed by atoms with van der Waals surface area (Å²) >= 11 is 0. The van der Waals surface area contributed by atoms with Crippen LogP contribution in [-0.2, 0) is 6.42 Å². The fourth-order valence-electron chi connectivity index (χ4n) is 3.45. The van der Waals surface area contributed by atoms with Crippen molar-refractivity contribution < 1.29 is 4.42 Å². The fourth-order valence-corrected chi connectivity index (χ4v) is 3.45. The highest BCUT2D eigenvalue weighted by molar-refractivity contribution is 5.84. The standard InChI is InChI=1S/C25H19N3O2/c1-2-17-11-13-18(14-12-17)16-26-28-24(23-15-19-7-3-6-10-22(19)30-23)27-21-9-5-4-8-20(21)25(28)29/h3-16H,2H2,1H3. The lowest BCUT2D eigenvalue weighted by molar-refractivity contribution is 0.616. The van der Waals surface area contributed by atoms with Gasteiger partial charge in [0.25, 0.3) is 5.56 Å². The predicted octanol–water partition coefficient (Wildman–Crippen LogP) is 5.25. The van der Waals surface area contributed by atoms with Crippen molar-refractivity contribution in [3.8, 4) is 11.6 Å².